The number of rotatable bonds is 7. The summed E-state index contributed by atoms with van der Waals surface area (Å²) in [6, 6.07) is 7.73. The zero-order chi connectivity index (χ0) is 14.3. The number of amidine groups is 1. The lowest BCUT2D eigenvalue weighted by Gasteiger charge is -2.20. The van der Waals surface area contributed by atoms with Crippen molar-refractivity contribution in [1.29, 1.82) is 0 Å². The molecule has 3 N–H and O–H groups in total. The summed E-state index contributed by atoms with van der Waals surface area (Å²) in [6.45, 7) is 4.01. The number of halogens is 1. The molecule has 6 heteroatoms. The van der Waals surface area contributed by atoms with Crippen LogP contribution in [0.25, 0.3) is 0 Å². The molecule has 0 heterocycles. The molecule has 0 bridgehead atoms. The van der Waals surface area contributed by atoms with Crippen molar-refractivity contribution >= 4 is 21.8 Å². The van der Waals surface area contributed by atoms with Gasteiger partial charge in [-0.3, -0.25) is 0 Å². The highest BCUT2D eigenvalue weighted by Crippen LogP contribution is 2.15. The Morgan fingerprint density at radius 2 is 2.11 bits per heavy atom. The van der Waals surface area contributed by atoms with Gasteiger partial charge in [0.2, 0.25) is 0 Å². The first-order valence-corrected chi connectivity index (χ1v) is 6.86. The third kappa shape index (κ3) is 5.94. The maximum atomic E-state index is 8.58. The molecule has 1 unspecified atom stereocenters. The van der Waals surface area contributed by atoms with Crippen molar-refractivity contribution in [3.8, 4) is 5.75 Å². The molecule has 0 fully saturated rings. The Hall–Kier alpha value is -1.27. The summed E-state index contributed by atoms with van der Waals surface area (Å²) >= 11 is 3.38. The Morgan fingerprint density at radius 1 is 1.47 bits per heavy atom. The predicted octanol–water partition coefficient (Wildman–Crippen LogP) is 2.14. The number of ether oxygens (including phenoxy) is 1. The zero-order valence-corrected chi connectivity index (χ0v) is 12.8. The summed E-state index contributed by atoms with van der Waals surface area (Å²) in [5, 5.41) is 11.6. The van der Waals surface area contributed by atoms with Crippen molar-refractivity contribution in [3.05, 3.63) is 28.7 Å². The molecule has 1 atom stereocenters. The van der Waals surface area contributed by atoms with Crippen molar-refractivity contribution in [3.63, 3.8) is 0 Å². The van der Waals surface area contributed by atoms with Gasteiger partial charge in [-0.25, -0.2) is 0 Å². The van der Waals surface area contributed by atoms with Gasteiger partial charge in [0.1, 0.15) is 18.2 Å². The molecule has 5 nitrogen and oxygen atoms in total. The lowest BCUT2D eigenvalue weighted by molar-refractivity contribution is 0.228. The van der Waals surface area contributed by atoms with E-state index in [2.05, 4.69) is 26.0 Å². The van der Waals surface area contributed by atoms with Gasteiger partial charge in [0.15, 0.2) is 0 Å². The van der Waals surface area contributed by atoms with Crippen LogP contribution in [0.3, 0.4) is 0 Å². The molecule has 1 aromatic carbocycles. The van der Waals surface area contributed by atoms with Crippen LogP contribution in [0.15, 0.2) is 33.9 Å². The minimum absolute atomic E-state index is 0.0164. The largest absolute Gasteiger partial charge is 0.492 e. The number of benzene rings is 1. The van der Waals surface area contributed by atoms with Gasteiger partial charge in [0.25, 0.3) is 0 Å². The number of hydrogen-bond acceptors (Lipinski definition) is 4. The van der Waals surface area contributed by atoms with E-state index < -0.39 is 0 Å². The fourth-order valence-corrected chi connectivity index (χ4v) is 1.87. The van der Waals surface area contributed by atoms with Crippen LogP contribution in [0, 0.1) is 5.92 Å². The van der Waals surface area contributed by atoms with E-state index in [-0.39, 0.29) is 11.8 Å². The second kappa shape index (κ2) is 8.01. The molecule has 19 heavy (non-hydrogen) atoms. The highest BCUT2D eigenvalue weighted by Gasteiger charge is 2.10. The molecule has 0 aromatic heterocycles. The lowest BCUT2D eigenvalue weighted by atomic mass is 10.1. The summed E-state index contributed by atoms with van der Waals surface area (Å²) in [6.07, 6.45) is 0. The Balaban J connectivity index is 2.27. The maximum Gasteiger partial charge on any atom is 0.143 e. The van der Waals surface area contributed by atoms with Gasteiger partial charge < -0.3 is 20.6 Å². The monoisotopic (exact) mass is 329 g/mol. The third-order valence-electron chi connectivity index (χ3n) is 2.76. The first kappa shape index (κ1) is 15.8. The minimum Gasteiger partial charge on any atom is -0.492 e. The van der Waals surface area contributed by atoms with E-state index in [4.69, 9.17) is 15.7 Å². The van der Waals surface area contributed by atoms with Crippen molar-refractivity contribution < 1.29 is 9.94 Å². The van der Waals surface area contributed by atoms with Gasteiger partial charge in [-0.1, -0.05) is 28.0 Å². The molecule has 0 amide bonds. The number of nitrogens with two attached hydrogens (primary N) is 1. The first-order valence-electron chi connectivity index (χ1n) is 6.07. The second-order valence-corrected chi connectivity index (χ2v) is 5.41. The predicted molar refractivity (Wildman–Crippen MR) is 79.7 cm³/mol. The van der Waals surface area contributed by atoms with Gasteiger partial charge in [-0.05, 0) is 31.3 Å². The molecule has 1 rings (SSSR count). The average molecular weight is 330 g/mol. The standard InChI is InChI=1S/C13H20BrN3O2/c1-10(13(15)16-18)9-17(2)7-8-19-12-5-3-11(14)4-6-12/h3-6,10,18H,7-9H2,1-2H3,(H2,15,16). The quantitative estimate of drug-likeness (QED) is 0.348. The maximum absolute atomic E-state index is 8.58. The van der Waals surface area contributed by atoms with Crippen LogP contribution in [0.5, 0.6) is 5.75 Å². The van der Waals surface area contributed by atoms with Crippen LogP contribution >= 0.6 is 15.9 Å². The van der Waals surface area contributed by atoms with Crippen molar-refractivity contribution in [2.24, 2.45) is 16.8 Å². The Morgan fingerprint density at radius 3 is 2.68 bits per heavy atom. The fraction of sp³-hybridized carbons (Fsp3) is 0.462. The van der Waals surface area contributed by atoms with Gasteiger partial charge in [0, 0.05) is 23.5 Å². The van der Waals surface area contributed by atoms with E-state index in [1.54, 1.807) is 0 Å². The highest BCUT2D eigenvalue weighted by atomic mass is 79.9. The molecule has 0 aliphatic rings. The molecule has 106 valence electrons. The summed E-state index contributed by atoms with van der Waals surface area (Å²) in [5.74, 6) is 1.12. The molecular weight excluding hydrogens is 310 g/mol. The van der Waals surface area contributed by atoms with Crippen molar-refractivity contribution in [2.45, 2.75) is 6.92 Å². The van der Waals surface area contributed by atoms with Crippen LogP contribution in [0.1, 0.15) is 6.92 Å². The molecule has 0 saturated carbocycles. The van der Waals surface area contributed by atoms with E-state index >= 15 is 0 Å². The molecule has 0 spiro atoms. The normalized spacial score (nSPS) is 13.6. The molecule has 0 radical (unpaired) electrons. The zero-order valence-electron chi connectivity index (χ0n) is 11.2. The lowest BCUT2D eigenvalue weighted by Crippen LogP contribution is -2.34. The summed E-state index contributed by atoms with van der Waals surface area (Å²) in [5.41, 5.74) is 5.54. The number of nitrogens with zero attached hydrogens (tertiary/aromatic N) is 2. The first-order chi connectivity index (χ1) is 9.02. The van der Waals surface area contributed by atoms with Crippen LogP contribution in [0.2, 0.25) is 0 Å². The highest BCUT2D eigenvalue weighted by molar-refractivity contribution is 9.10. The fourth-order valence-electron chi connectivity index (χ4n) is 1.60. The van der Waals surface area contributed by atoms with Crippen LogP contribution in [-0.4, -0.2) is 42.7 Å². The van der Waals surface area contributed by atoms with E-state index in [1.165, 1.54) is 0 Å². The number of hydrogen-bond donors (Lipinski definition) is 2. The van der Waals surface area contributed by atoms with Gasteiger partial charge in [-0.2, -0.15) is 0 Å². The van der Waals surface area contributed by atoms with Crippen LogP contribution in [-0.2, 0) is 0 Å². The van der Waals surface area contributed by atoms with Gasteiger partial charge in [-0.15, -0.1) is 0 Å². The average Bonchev–Trinajstić information content (AvgIpc) is 2.40. The molecule has 1 aromatic rings. The Kier molecular flexibility index (Phi) is 6.66. The van der Waals surface area contributed by atoms with Gasteiger partial charge in [0.05, 0.1) is 0 Å². The minimum atomic E-state index is 0.0164. The van der Waals surface area contributed by atoms with E-state index in [0.717, 1.165) is 23.3 Å². The summed E-state index contributed by atoms with van der Waals surface area (Å²) < 4.78 is 6.66. The van der Waals surface area contributed by atoms with E-state index in [9.17, 15) is 0 Å². The van der Waals surface area contributed by atoms with Crippen LogP contribution < -0.4 is 10.5 Å². The third-order valence-corrected chi connectivity index (χ3v) is 3.29. The topological polar surface area (TPSA) is 71.1 Å². The van der Waals surface area contributed by atoms with E-state index in [1.807, 2.05) is 38.2 Å². The SMILES string of the molecule is CC(CN(C)CCOc1ccc(Br)cc1)/C(N)=N/O. The van der Waals surface area contributed by atoms with E-state index in [0.29, 0.717) is 6.61 Å². The Labute approximate surface area is 122 Å². The molecule has 0 saturated heterocycles. The number of oxime groups is 1. The summed E-state index contributed by atoms with van der Waals surface area (Å²) in [7, 11) is 1.98. The molecule has 0 aliphatic carbocycles. The summed E-state index contributed by atoms with van der Waals surface area (Å²) in [4.78, 5) is 2.08. The smallest absolute Gasteiger partial charge is 0.143 e. The molecular formula is C13H20BrN3O2. The van der Waals surface area contributed by atoms with Crippen LogP contribution in [0.4, 0.5) is 0 Å². The second-order valence-electron chi connectivity index (χ2n) is 4.49. The van der Waals surface area contributed by atoms with Crippen molar-refractivity contribution in [2.75, 3.05) is 26.7 Å². The Bertz CT molecular complexity index is 409. The van der Waals surface area contributed by atoms with Crippen molar-refractivity contribution in [1.82, 2.24) is 4.90 Å². The molecule has 0 aliphatic heterocycles. The number of likely N-dealkylation sites (N-methyl/N-ethyl adjacent to an activating group) is 1. The van der Waals surface area contributed by atoms with Gasteiger partial charge >= 0.3 is 0 Å².